The number of anilines is 1. The summed E-state index contributed by atoms with van der Waals surface area (Å²) in [4.78, 5) is 10.9. The van der Waals surface area contributed by atoms with Gasteiger partial charge in [0.25, 0.3) is 10.0 Å². The fourth-order valence-electron chi connectivity index (χ4n) is 1.87. The number of rotatable bonds is 6. The summed E-state index contributed by atoms with van der Waals surface area (Å²) in [6.07, 6.45) is 2.80. The Bertz CT molecular complexity index is 585. The maximum Gasteiger partial charge on any atom is 0.272 e. The molecule has 0 aliphatic heterocycles. The number of aromatic nitrogens is 2. The standard InChI is InChI=1S/C10H15BrN4O3S2/c1-7(16)12-9-13-14-10(19-9)20(17,18)15(6-5-11)8-3-2-4-8/h8H,2-6H2,1H3,(H,12,13,16). The molecule has 112 valence electrons. The Hall–Kier alpha value is -0.580. The molecule has 1 aromatic rings. The van der Waals surface area contributed by atoms with Gasteiger partial charge in [-0.3, -0.25) is 4.79 Å². The first-order chi connectivity index (χ1) is 9.45. The van der Waals surface area contributed by atoms with Crippen molar-refractivity contribution in [3.05, 3.63) is 0 Å². The van der Waals surface area contributed by atoms with E-state index in [1.54, 1.807) is 0 Å². The molecule has 0 unspecified atom stereocenters. The Kier molecular flexibility index (Phi) is 5.10. The molecule has 20 heavy (non-hydrogen) atoms. The average Bonchev–Trinajstić information content (AvgIpc) is 2.74. The van der Waals surface area contributed by atoms with E-state index in [2.05, 4.69) is 31.4 Å². The predicted molar refractivity (Wildman–Crippen MR) is 79.5 cm³/mol. The first-order valence-corrected chi connectivity index (χ1v) is 9.52. The van der Waals surface area contributed by atoms with E-state index >= 15 is 0 Å². The van der Waals surface area contributed by atoms with Gasteiger partial charge in [0.05, 0.1) is 0 Å². The summed E-state index contributed by atoms with van der Waals surface area (Å²) in [6.45, 7) is 1.74. The lowest BCUT2D eigenvalue weighted by molar-refractivity contribution is -0.114. The van der Waals surface area contributed by atoms with Crippen LogP contribution in [-0.4, -0.2) is 46.7 Å². The number of hydrogen-bond acceptors (Lipinski definition) is 6. The van der Waals surface area contributed by atoms with E-state index in [0.717, 1.165) is 30.6 Å². The van der Waals surface area contributed by atoms with Gasteiger partial charge in [0.1, 0.15) is 0 Å². The lowest BCUT2D eigenvalue weighted by Gasteiger charge is -2.35. The van der Waals surface area contributed by atoms with Crippen LogP contribution in [0, 0.1) is 0 Å². The van der Waals surface area contributed by atoms with Gasteiger partial charge in [-0.2, -0.15) is 4.31 Å². The van der Waals surface area contributed by atoms with Gasteiger partial charge in [0.15, 0.2) is 0 Å². The highest BCUT2D eigenvalue weighted by Gasteiger charge is 2.36. The second-order valence-corrected chi connectivity index (χ2v) is 8.28. The van der Waals surface area contributed by atoms with Crippen LogP contribution in [0.1, 0.15) is 26.2 Å². The normalized spacial score (nSPS) is 16.1. The van der Waals surface area contributed by atoms with Crippen molar-refractivity contribution in [1.29, 1.82) is 0 Å². The van der Waals surface area contributed by atoms with Crippen molar-refractivity contribution < 1.29 is 13.2 Å². The summed E-state index contributed by atoms with van der Waals surface area (Å²) in [5.74, 6) is -0.304. The molecule has 0 radical (unpaired) electrons. The van der Waals surface area contributed by atoms with E-state index in [-0.39, 0.29) is 21.4 Å². The van der Waals surface area contributed by atoms with E-state index in [0.29, 0.717) is 11.9 Å². The first-order valence-electron chi connectivity index (χ1n) is 6.14. The fraction of sp³-hybridized carbons (Fsp3) is 0.700. The summed E-state index contributed by atoms with van der Waals surface area (Å²) in [5, 5.41) is 10.6. The minimum atomic E-state index is -3.64. The third-order valence-corrected chi connectivity index (χ3v) is 6.50. The summed E-state index contributed by atoms with van der Waals surface area (Å²) >= 11 is 4.15. The molecule has 0 bridgehead atoms. The van der Waals surface area contributed by atoms with Crippen molar-refractivity contribution in [2.24, 2.45) is 0 Å². The van der Waals surface area contributed by atoms with Gasteiger partial charge in [-0.15, -0.1) is 10.2 Å². The smallest absolute Gasteiger partial charge is 0.272 e. The van der Waals surface area contributed by atoms with Crippen LogP contribution in [0.5, 0.6) is 0 Å². The molecule has 1 amide bonds. The Labute approximate surface area is 129 Å². The summed E-state index contributed by atoms with van der Waals surface area (Å²) < 4.78 is 26.5. The average molecular weight is 383 g/mol. The number of carbonyl (C=O) groups excluding carboxylic acids is 1. The number of sulfonamides is 1. The van der Waals surface area contributed by atoms with Gasteiger partial charge in [-0.25, -0.2) is 8.42 Å². The van der Waals surface area contributed by atoms with Gasteiger partial charge in [-0.1, -0.05) is 33.7 Å². The van der Waals surface area contributed by atoms with Crippen molar-refractivity contribution in [3.63, 3.8) is 0 Å². The van der Waals surface area contributed by atoms with E-state index in [4.69, 9.17) is 0 Å². The summed E-state index contributed by atoms with van der Waals surface area (Å²) in [6, 6.07) is 0.0469. The van der Waals surface area contributed by atoms with Crippen LogP contribution >= 0.6 is 27.3 Å². The molecule has 1 saturated carbocycles. The zero-order valence-electron chi connectivity index (χ0n) is 10.9. The molecule has 1 aromatic heterocycles. The van der Waals surface area contributed by atoms with Gasteiger partial charge in [0, 0.05) is 24.8 Å². The van der Waals surface area contributed by atoms with Crippen LogP contribution < -0.4 is 5.32 Å². The van der Waals surface area contributed by atoms with Gasteiger partial charge in [-0.05, 0) is 12.8 Å². The Morgan fingerprint density at radius 2 is 2.20 bits per heavy atom. The molecule has 0 spiro atoms. The second kappa shape index (κ2) is 6.46. The molecule has 1 heterocycles. The number of halogens is 1. The molecule has 0 saturated heterocycles. The maximum absolute atomic E-state index is 12.6. The third-order valence-electron chi connectivity index (χ3n) is 3.01. The van der Waals surface area contributed by atoms with Crippen molar-refractivity contribution >= 4 is 48.3 Å². The Morgan fingerprint density at radius 3 is 2.70 bits per heavy atom. The number of hydrogen-bond donors (Lipinski definition) is 1. The number of nitrogens with zero attached hydrogens (tertiary/aromatic N) is 3. The number of carbonyl (C=O) groups is 1. The molecule has 0 aromatic carbocycles. The Morgan fingerprint density at radius 1 is 1.50 bits per heavy atom. The van der Waals surface area contributed by atoms with Crippen molar-refractivity contribution in [2.75, 3.05) is 17.2 Å². The monoisotopic (exact) mass is 382 g/mol. The van der Waals surface area contributed by atoms with E-state index in [1.165, 1.54) is 11.2 Å². The number of amides is 1. The lowest BCUT2D eigenvalue weighted by atomic mass is 9.93. The van der Waals surface area contributed by atoms with E-state index < -0.39 is 10.0 Å². The number of nitrogens with one attached hydrogen (secondary N) is 1. The Balaban J connectivity index is 2.22. The summed E-state index contributed by atoms with van der Waals surface area (Å²) in [5.41, 5.74) is 0. The van der Waals surface area contributed by atoms with Crippen molar-refractivity contribution in [3.8, 4) is 0 Å². The number of alkyl halides is 1. The largest absolute Gasteiger partial charge is 0.301 e. The highest BCUT2D eigenvalue weighted by molar-refractivity contribution is 9.09. The lowest BCUT2D eigenvalue weighted by Crippen LogP contribution is -2.45. The van der Waals surface area contributed by atoms with Crippen LogP contribution in [-0.2, 0) is 14.8 Å². The second-order valence-electron chi connectivity index (χ2n) is 4.44. The molecular formula is C10H15BrN4O3S2. The zero-order valence-corrected chi connectivity index (χ0v) is 14.1. The van der Waals surface area contributed by atoms with E-state index in [1.807, 2.05) is 0 Å². The van der Waals surface area contributed by atoms with Crippen LogP contribution in [0.15, 0.2) is 4.34 Å². The fourth-order valence-corrected chi connectivity index (χ4v) is 5.24. The molecular weight excluding hydrogens is 368 g/mol. The molecule has 7 nitrogen and oxygen atoms in total. The van der Waals surface area contributed by atoms with Gasteiger partial charge < -0.3 is 5.32 Å². The highest BCUT2D eigenvalue weighted by atomic mass is 79.9. The van der Waals surface area contributed by atoms with Crippen LogP contribution in [0.4, 0.5) is 5.13 Å². The van der Waals surface area contributed by atoms with E-state index in [9.17, 15) is 13.2 Å². The molecule has 1 fully saturated rings. The minimum Gasteiger partial charge on any atom is -0.301 e. The topological polar surface area (TPSA) is 92.3 Å². The van der Waals surface area contributed by atoms with Crippen molar-refractivity contribution in [2.45, 2.75) is 36.6 Å². The zero-order chi connectivity index (χ0) is 14.8. The van der Waals surface area contributed by atoms with Crippen LogP contribution in [0.2, 0.25) is 0 Å². The van der Waals surface area contributed by atoms with Crippen molar-refractivity contribution in [1.82, 2.24) is 14.5 Å². The quantitative estimate of drug-likeness (QED) is 0.593. The maximum atomic E-state index is 12.6. The summed E-state index contributed by atoms with van der Waals surface area (Å²) in [7, 11) is -3.64. The van der Waals surface area contributed by atoms with Gasteiger partial charge >= 0.3 is 0 Å². The molecule has 10 heteroatoms. The first kappa shape index (κ1) is 15.8. The van der Waals surface area contributed by atoms with Gasteiger partial charge in [0.2, 0.25) is 15.4 Å². The minimum absolute atomic E-state index is 0.0469. The molecule has 1 N–H and O–H groups in total. The molecule has 1 aliphatic rings. The molecule has 1 aliphatic carbocycles. The van der Waals surface area contributed by atoms with Crippen LogP contribution in [0.3, 0.4) is 0 Å². The predicted octanol–water partition coefficient (Wildman–Crippen LogP) is 1.43. The van der Waals surface area contributed by atoms with Crippen LogP contribution in [0.25, 0.3) is 0 Å². The SMILES string of the molecule is CC(=O)Nc1nnc(S(=O)(=O)N(CCBr)C2CCC2)s1. The third kappa shape index (κ3) is 3.35. The highest BCUT2D eigenvalue weighted by Crippen LogP contribution is 2.31. The molecule has 2 rings (SSSR count). The molecule has 0 atom stereocenters.